The summed E-state index contributed by atoms with van der Waals surface area (Å²) < 4.78 is 5.81. The minimum Gasteiger partial charge on any atom is -0.455 e. The van der Waals surface area contributed by atoms with Gasteiger partial charge in [0.15, 0.2) is 5.78 Å². The van der Waals surface area contributed by atoms with E-state index in [0.717, 1.165) is 36.2 Å². The van der Waals surface area contributed by atoms with Crippen LogP contribution in [-0.2, 0) is 14.3 Å². The lowest BCUT2D eigenvalue weighted by atomic mass is 9.47. The Hall–Kier alpha value is -1.12. The highest BCUT2D eigenvalue weighted by atomic mass is 16.6. The van der Waals surface area contributed by atoms with Crippen molar-refractivity contribution in [3.05, 3.63) is 11.6 Å². The Balaban J connectivity index is 1.61. The third-order valence-electron chi connectivity index (χ3n) is 10.4. The van der Waals surface area contributed by atoms with E-state index in [1.54, 1.807) is 0 Å². The maximum absolute atomic E-state index is 13.7. The summed E-state index contributed by atoms with van der Waals surface area (Å²) in [5.74, 6) is 3.42. The van der Waals surface area contributed by atoms with Crippen molar-refractivity contribution >= 4 is 11.8 Å². The summed E-state index contributed by atoms with van der Waals surface area (Å²) in [5, 5.41) is 0. The Morgan fingerprint density at radius 3 is 2.38 bits per heavy atom. The van der Waals surface area contributed by atoms with Gasteiger partial charge in [-0.15, -0.1) is 0 Å². The zero-order chi connectivity index (χ0) is 23.5. The van der Waals surface area contributed by atoms with E-state index in [1.807, 2.05) is 19.9 Å². The Morgan fingerprint density at radius 1 is 0.969 bits per heavy atom. The molecule has 4 rings (SSSR count). The lowest BCUT2D eigenvalue weighted by Gasteiger charge is -2.57. The van der Waals surface area contributed by atoms with Crippen LogP contribution in [0.1, 0.15) is 106 Å². The minimum atomic E-state index is -0.688. The summed E-state index contributed by atoms with van der Waals surface area (Å²) in [6.45, 7) is 15.9. The predicted octanol–water partition coefficient (Wildman–Crippen LogP) is 7.14. The molecule has 0 radical (unpaired) electrons. The molecule has 0 aromatic rings. The Bertz CT molecular complexity index is 792. The number of allylic oxidation sites excluding steroid dienone is 1. The number of fused-ring (bicyclic) bond motifs is 5. The van der Waals surface area contributed by atoms with Gasteiger partial charge in [-0.2, -0.15) is 0 Å². The molecule has 0 N–H and O–H groups in total. The quantitative estimate of drug-likeness (QED) is 0.425. The van der Waals surface area contributed by atoms with Gasteiger partial charge in [0.2, 0.25) is 0 Å². The van der Waals surface area contributed by atoms with Gasteiger partial charge in [-0.05, 0) is 98.0 Å². The molecular formula is C29H46O3. The summed E-state index contributed by atoms with van der Waals surface area (Å²) in [5.41, 5.74) is 0.549. The number of carbonyl (C=O) groups excluding carboxylic acids is 2. The molecule has 3 fully saturated rings. The highest BCUT2D eigenvalue weighted by molar-refractivity contribution is 5.95. The zero-order valence-electron chi connectivity index (χ0n) is 21.6. The van der Waals surface area contributed by atoms with Crippen molar-refractivity contribution in [2.75, 3.05) is 0 Å². The molecule has 3 heteroatoms. The molecule has 1 aliphatic heterocycles. The van der Waals surface area contributed by atoms with Gasteiger partial charge in [-0.25, -0.2) is 0 Å². The fourth-order valence-corrected chi connectivity index (χ4v) is 8.81. The molecular weight excluding hydrogens is 396 g/mol. The zero-order valence-corrected chi connectivity index (χ0v) is 21.6. The second-order valence-electron chi connectivity index (χ2n) is 13.1. The fourth-order valence-electron chi connectivity index (χ4n) is 8.81. The van der Waals surface area contributed by atoms with Crippen molar-refractivity contribution in [2.45, 2.75) is 112 Å². The molecule has 3 aliphatic carbocycles. The normalized spacial score (nSPS) is 41.8. The van der Waals surface area contributed by atoms with E-state index < -0.39 is 5.60 Å². The van der Waals surface area contributed by atoms with E-state index in [9.17, 15) is 9.59 Å². The topological polar surface area (TPSA) is 43.4 Å². The van der Waals surface area contributed by atoms with Crippen LogP contribution in [0.25, 0.3) is 0 Å². The van der Waals surface area contributed by atoms with Crippen LogP contribution >= 0.6 is 0 Å². The number of ether oxygens (including phenoxy) is 1. The van der Waals surface area contributed by atoms with Crippen LogP contribution in [0.4, 0.5) is 0 Å². The Labute approximate surface area is 196 Å². The van der Waals surface area contributed by atoms with Crippen LogP contribution in [0, 0.1) is 46.3 Å². The molecule has 0 spiro atoms. The summed E-state index contributed by atoms with van der Waals surface area (Å²) in [4.78, 5) is 26.1. The Morgan fingerprint density at radius 2 is 1.69 bits per heavy atom. The molecule has 3 nitrogen and oxygen atoms in total. The first-order chi connectivity index (χ1) is 14.9. The van der Waals surface area contributed by atoms with E-state index in [-0.39, 0.29) is 22.7 Å². The van der Waals surface area contributed by atoms with E-state index in [0.29, 0.717) is 24.0 Å². The molecule has 0 aromatic carbocycles. The van der Waals surface area contributed by atoms with E-state index in [4.69, 9.17) is 4.74 Å². The van der Waals surface area contributed by atoms with Gasteiger partial charge in [0.05, 0.1) is 0 Å². The maximum atomic E-state index is 13.7. The van der Waals surface area contributed by atoms with Gasteiger partial charge >= 0.3 is 5.97 Å². The average molecular weight is 443 g/mol. The molecule has 0 aromatic heterocycles. The number of carbonyl (C=O) groups is 2. The standard InChI is InChI=1S/C29H46O3/c1-18(2)9-8-10-19(3)20-11-12-21-26-22(13-15-28(20,21)6)29(7)16-14-25(31)32-27(4,5)24(29)17-23(26)30/h17-22,26H,8-16H2,1-7H3/t19-,20-,21+,22+,26+,28-,29-/m1/s1. The maximum Gasteiger partial charge on any atom is 0.306 e. The number of hydrogen-bond acceptors (Lipinski definition) is 3. The Kier molecular flexibility index (Phi) is 6.21. The number of ketones is 1. The second kappa shape index (κ2) is 8.27. The van der Waals surface area contributed by atoms with Gasteiger partial charge in [-0.1, -0.05) is 53.9 Å². The molecule has 180 valence electrons. The monoisotopic (exact) mass is 442 g/mol. The predicted molar refractivity (Wildman–Crippen MR) is 129 cm³/mol. The highest BCUT2D eigenvalue weighted by Crippen LogP contribution is 2.67. The lowest BCUT2D eigenvalue weighted by molar-refractivity contribution is -0.152. The molecule has 1 saturated heterocycles. The molecule has 4 aliphatic rings. The van der Waals surface area contributed by atoms with Crippen molar-refractivity contribution in [1.29, 1.82) is 0 Å². The van der Waals surface area contributed by atoms with Gasteiger partial charge in [0.1, 0.15) is 5.60 Å². The minimum absolute atomic E-state index is 0.115. The smallest absolute Gasteiger partial charge is 0.306 e. The average Bonchev–Trinajstić information content (AvgIpc) is 3.01. The molecule has 0 unspecified atom stereocenters. The van der Waals surface area contributed by atoms with Crippen LogP contribution in [0.15, 0.2) is 11.6 Å². The highest BCUT2D eigenvalue weighted by Gasteiger charge is 2.62. The third-order valence-corrected chi connectivity index (χ3v) is 10.4. The molecule has 2 saturated carbocycles. The largest absolute Gasteiger partial charge is 0.455 e. The van der Waals surface area contributed by atoms with Crippen LogP contribution in [0.5, 0.6) is 0 Å². The van der Waals surface area contributed by atoms with Crippen molar-refractivity contribution in [3.8, 4) is 0 Å². The third kappa shape index (κ3) is 3.80. The van der Waals surface area contributed by atoms with Crippen LogP contribution in [-0.4, -0.2) is 17.4 Å². The number of cyclic esters (lactones) is 1. The molecule has 1 heterocycles. The van der Waals surface area contributed by atoms with Crippen molar-refractivity contribution in [3.63, 3.8) is 0 Å². The molecule has 0 amide bonds. The molecule has 0 bridgehead atoms. The summed E-state index contributed by atoms with van der Waals surface area (Å²) in [7, 11) is 0. The van der Waals surface area contributed by atoms with E-state index >= 15 is 0 Å². The van der Waals surface area contributed by atoms with Crippen molar-refractivity contribution in [2.24, 2.45) is 46.3 Å². The summed E-state index contributed by atoms with van der Waals surface area (Å²) in [6.07, 6.45) is 12.0. The van der Waals surface area contributed by atoms with Crippen LogP contribution < -0.4 is 0 Å². The van der Waals surface area contributed by atoms with Crippen LogP contribution in [0.3, 0.4) is 0 Å². The number of hydrogen-bond donors (Lipinski definition) is 0. The van der Waals surface area contributed by atoms with E-state index in [2.05, 4.69) is 34.6 Å². The van der Waals surface area contributed by atoms with E-state index in [1.165, 1.54) is 38.5 Å². The lowest BCUT2D eigenvalue weighted by Crippen LogP contribution is -2.54. The molecule has 32 heavy (non-hydrogen) atoms. The van der Waals surface area contributed by atoms with Gasteiger partial charge in [0, 0.05) is 12.3 Å². The SMILES string of the molecule is CC(C)CCC[C@@H](C)[C@H]1CC[C@H]2[C@@H]3C(=O)C=C4C(C)(C)OC(=O)CC[C@]4(C)[C@H]3CC[C@]12C. The first-order valence-corrected chi connectivity index (χ1v) is 13.4. The van der Waals surface area contributed by atoms with Crippen LogP contribution in [0.2, 0.25) is 0 Å². The summed E-state index contributed by atoms with van der Waals surface area (Å²) in [6, 6.07) is 0. The first-order valence-electron chi connectivity index (χ1n) is 13.4. The second-order valence-corrected chi connectivity index (χ2v) is 13.1. The fraction of sp³-hybridized carbons (Fsp3) is 0.862. The summed E-state index contributed by atoms with van der Waals surface area (Å²) >= 11 is 0. The first kappa shape index (κ1) is 24.0. The van der Waals surface area contributed by atoms with Gasteiger partial charge in [-0.3, -0.25) is 9.59 Å². The number of rotatable bonds is 5. The van der Waals surface area contributed by atoms with Crippen molar-refractivity contribution in [1.82, 2.24) is 0 Å². The van der Waals surface area contributed by atoms with Gasteiger partial charge in [0.25, 0.3) is 0 Å². The van der Waals surface area contributed by atoms with Gasteiger partial charge < -0.3 is 4.74 Å². The van der Waals surface area contributed by atoms with Crippen molar-refractivity contribution < 1.29 is 14.3 Å². The molecule has 7 atom stereocenters. The number of esters is 1.